The molecule has 1 aromatic heterocycles. The van der Waals surface area contributed by atoms with Crippen molar-refractivity contribution in [2.75, 3.05) is 0 Å². The molecule has 0 N–H and O–H groups in total. The minimum Gasteiger partial charge on any atom is -0.443 e. The summed E-state index contributed by atoms with van der Waals surface area (Å²) in [5.41, 5.74) is 2.27. The molecule has 0 bridgehead atoms. The van der Waals surface area contributed by atoms with E-state index in [0.29, 0.717) is 17.9 Å². The zero-order chi connectivity index (χ0) is 27.0. The van der Waals surface area contributed by atoms with Crippen molar-refractivity contribution in [1.29, 1.82) is 5.26 Å². The van der Waals surface area contributed by atoms with Crippen LogP contribution in [-0.4, -0.2) is 40.7 Å². The number of amides is 1. The van der Waals surface area contributed by atoms with Crippen molar-refractivity contribution in [2.24, 2.45) is 17.8 Å². The number of carbonyl (C=O) groups excluding carboxylic acids is 1. The Hall–Kier alpha value is -3.18. The number of nitrogens with zero attached hydrogens (tertiary/aromatic N) is 3. The fraction of sp³-hybridized carbons (Fsp3) is 0.483. The molecule has 1 saturated heterocycles. The van der Waals surface area contributed by atoms with Gasteiger partial charge in [0.25, 0.3) is 0 Å². The summed E-state index contributed by atoms with van der Waals surface area (Å²) in [6.07, 6.45) is 7.26. The largest absolute Gasteiger partial charge is 0.443 e. The van der Waals surface area contributed by atoms with Crippen LogP contribution in [0.1, 0.15) is 65.1 Å². The highest BCUT2D eigenvalue weighted by Gasteiger charge is 2.58. The van der Waals surface area contributed by atoms with Crippen LogP contribution in [0.2, 0.25) is 0 Å². The number of fused-ring (bicyclic) bond motifs is 1. The maximum Gasteiger partial charge on any atom is 0.424 e. The third kappa shape index (κ3) is 5.28. The Labute approximate surface area is 220 Å². The summed E-state index contributed by atoms with van der Waals surface area (Å²) in [5.74, 6) is 0.0894. The molecular formula is C29H35N3O4S. The molecule has 0 spiro atoms. The Morgan fingerprint density at radius 2 is 1.95 bits per heavy atom. The first-order valence-electron chi connectivity index (χ1n) is 12.9. The Bertz CT molecular complexity index is 1320. The van der Waals surface area contributed by atoms with E-state index in [4.69, 9.17) is 4.74 Å². The van der Waals surface area contributed by atoms with Crippen LogP contribution in [0.3, 0.4) is 0 Å². The SMILES string of the molecule is CCC1CC[C@@H]2[C@@H]([C@@H](C)N(C(=O)OC(C)(C)C)S2(=O)=O)[C@H]1/C=C/c1ccc(-c2ccccc2C#N)cn1. The van der Waals surface area contributed by atoms with Crippen molar-refractivity contribution in [3.05, 3.63) is 59.9 Å². The van der Waals surface area contributed by atoms with E-state index in [1.807, 2.05) is 43.3 Å². The molecule has 0 radical (unpaired) electrons. The zero-order valence-corrected chi connectivity index (χ0v) is 22.9. The molecule has 1 saturated carbocycles. The summed E-state index contributed by atoms with van der Waals surface area (Å²) < 4.78 is 33.4. The first-order valence-corrected chi connectivity index (χ1v) is 14.4. The summed E-state index contributed by atoms with van der Waals surface area (Å²) in [6.45, 7) is 9.17. The second-order valence-corrected chi connectivity index (χ2v) is 13.0. The van der Waals surface area contributed by atoms with Crippen molar-refractivity contribution >= 4 is 22.2 Å². The van der Waals surface area contributed by atoms with Crippen molar-refractivity contribution in [1.82, 2.24) is 9.29 Å². The molecule has 4 rings (SSSR count). The molecule has 1 amide bonds. The quantitative estimate of drug-likeness (QED) is 0.487. The van der Waals surface area contributed by atoms with Gasteiger partial charge in [-0.25, -0.2) is 17.5 Å². The molecule has 1 aliphatic carbocycles. The van der Waals surface area contributed by atoms with E-state index in [0.717, 1.165) is 34.0 Å². The molecule has 2 fully saturated rings. The minimum atomic E-state index is -3.82. The van der Waals surface area contributed by atoms with Gasteiger partial charge in [-0.3, -0.25) is 4.98 Å². The van der Waals surface area contributed by atoms with Gasteiger partial charge in [-0.05, 0) is 70.6 Å². The molecule has 5 atom stereocenters. The number of hydrogen-bond donors (Lipinski definition) is 0. The van der Waals surface area contributed by atoms with Gasteiger partial charge >= 0.3 is 6.09 Å². The second kappa shape index (κ2) is 10.3. The van der Waals surface area contributed by atoms with Crippen molar-refractivity contribution in [3.63, 3.8) is 0 Å². The summed E-state index contributed by atoms with van der Waals surface area (Å²) in [5, 5.41) is 8.79. The van der Waals surface area contributed by atoms with Crippen LogP contribution in [-0.2, 0) is 14.8 Å². The summed E-state index contributed by atoms with van der Waals surface area (Å²) in [7, 11) is -3.82. The molecule has 1 unspecified atom stereocenters. The highest BCUT2D eigenvalue weighted by molar-refractivity contribution is 7.90. The van der Waals surface area contributed by atoms with E-state index in [9.17, 15) is 18.5 Å². The van der Waals surface area contributed by atoms with Gasteiger partial charge in [0, 0.05) is 23.2 Å². The molecule has 1 aromatic carbocycles. The van der Waals surface area contributed by atoms with E-state index in [2.05, 4.69) is 24.1 Å². The fourth-order valence-corrected chi connectivity index (χ4v) is 8.26. The lowest BCUT2D eigenvalue weighted by Gasteiger charge is -2.38. The molecular weight excluding hydrogens is 486 g/mol. The normalized spacial score (nSPS) is 27.0. The van der Waals surface area contributed by atoms with Gasteiger partial charge in [-0.2, -0.15) is 5.26 Å². The first kappa shape index (κ1) is 26.9. The molecule has 196 valence electrons. The van der Waals surface area contributed by atoms with Crippen molar-refractivity contribution in [2.45, 2.75) is 70.8 Å². The smallest absolute Gasteiger partial charge is 0.424 e. The number of sulfonamides is 1. The molecule has 1 aliphatic heterocycles. The van der Waals surface area contributed by atoms with Gasteiger partial charge in [0.2, 0.25) is 10.0 Å². The Kier molecular flexibility index (Phi) is 7.48. The molecule has 8 heteroatoms. The Balaban J connectivity index is 1.61. The number of ether oxygens (including phenoxy) is 1. The number of nitriles is 1. The predicted molar refractivity (Wildman–Crippen MR) is 144 cm³/mol. The maximum atomic E-state index is 13.5. The van der Waals surface area contributed by atoms with E-state index < -0.39 is 33.0 Å². The molecule has 2 heterocycles. The monoisotopic (exact) mass is 521 g/mol. The van der Waals surface area contributed by atoms with Crippen molar-refractivity contribution < 1.29 is 17.9 Å². The number of aromatic nitrogens is 1. The topological polar surface area (TPSA) is 100 Å². The lowest BCUT2D eigenvalue weighted by molar-refractivity contribution is 0.0312. The van der Waals surface area contributed by atoms with Crippen molar-refractivity contribution in [3.8, 4) is 17.2 Å². The van der Waals surface area contributed by atoms with Gasteiger partial charge < -0.3 is 4.74 Å². The number of allylic oxidation sites excluding steroid dienone is 1. The van der Waals surface area contributed by atoms with Crippen LogP contribution in [0.5, 0.6) is 0 Å². The van der Waals surface area contributed by atoms with Gasteiger partial charge in [-0.1, -0.05) is 43.7 Å². The van der Waals surface area contributed by atoms with Crippen LogP contribution >= 0.6 is 0 Å². The average Bonchev–Trinajstić information content (AvgIpc) is 3.06. The number of carbonyl (C=O) groups is 1. The predicted octanol–water partition coefficient (Wildman–Crippen LogP) is 6.02. The minimum absolute atomic E-state index is 0.0123. The molecule has 2 aromatic rings. The Morgan fingerprint density at radius 1 is 1.22 bits per heavy atom. The summed E-state index contributed by atoms with van der Waals surface area (Å²) in [4.78, 5) is 17.5. The van der Waals surface area contributed by atoms with Crippen LogP contribution in [0.25, 0.3) is 17.2 Å². The lowest BCUT2D eigenvalue weighted by Crippen LogP contribution is -2.43. The second-order valence-electron chi connectivity index (χ2n) is 11.0. The average molecular weight is 522 g/mol. The third-order valence-corrected chi connectivity index (χ3v) is 9.90. The van der Waals surface area contributed by atoms with E-state index in [-0.39, 0.29) is 11.8 Å². The van der Waals surface area contributed by atoms with Crippen LogP contribution in [0, 0.1) is 29.1 Å². The number of rotatable bonds is 4. The van der Waals surface area contributed by atoms with E-state index in [1.54, 1.807) is 33.0 Å². The third-order valence-electron chi connectivity index (χ3n) is 7.56. The number of pyridine rings is 1. The van der Waals surface area contributed by atoms with Crippen LogP contribution in [0.4, 0.5) is 4.79 Å². The van der Waals surface area contributed by atoms with Gasteiger partial charge in [-0.15, -0.1) is 0 Å². The molecule has 7 nitrogen and oxygen atoms in total. The standard InChI is InChI=1S/C29H35N3O4S/c1-6-20-12-16-26-27(19(2)32(37(26,34)35)28(33)36-29(3,4)5)25(20)15-14-23-13-11-22(18-31-23)24-10-8-7-9-21(24)17-30/h7-11,13-15,18-20,25-27H,6,12,16H2,1-5H3/b15-14+/t19-,20?,25+,26-,27+/m1/s1. The number of hydrogen-bond acceptors (Lipinski definition) is 6. The molecule has 37 heavy (non-hydrogen) atoms. The van der Waals surface area contributed by atoms with Gasteiger partial charge in [0.15, 0.2) is 0 Å². The Morgan fingerprint density at radius 3 is 2.57 bits per heavy atom. The lowest BCUT2D eigenvalue weighted by atomic mass is 9.68. The zero-order valence-electron chi connectivity index (χ0n) is 22.1. The fourth-order valence-electron chi connectivity index (χ4n) is 5.88. The van der Waals surface area contributed by atoms with Crippen LogP contribution < -0.4 is 0 Å². The maximum absolute atomic E-state index is 13.5. The number of benzene rings is 1. The first-order chi connectivity index (χ1) is 17.5. The van der Waals surface area contributed by atoms with E-state index >= 15 is 0 Å². The van der Waals surface area contributed by atoms with Gasteiger partial charge in [0.05, 0.1) is 28.6 Å². The van der Waals surface area contributed by atoms with E-state index in [1.165, 1.54) is 0 Å². The van der Waals surface area contributed by atoms with Crippen LogP contribution in [0.15, 0.2) is 48.7 Å². The van der Waals surface area contributed by atoms with Gasteiger partial charge in [0.1, 0.15) is 5.60 Å². The molecule has 2 aliphatic rings. The highest BCUT2D eigenvalue weighted by Crippen LogP contribution is 2.49. The summed E-state index contributed by atoms with van der Waals surface area (Å²) >= 11 is 0. The highest BCUT2D eigenvalue weighted by atomic mass is 32.2. The summed E-state index contributed by atoms with van der Waals surface area (Å²) in [6, 6.07) is 13.0.